The van der Waals surface area contributed by atoms with Crippen molar-refractivity contribution in [3.05, 3.63) is 28.2 Å². The maximum atomic E-state index is 9.52. The number of nitrogens with zero attached hydrogens (tertiary/aromatic N) is 1. The Morgan fingerprint density at radius 3 is 2.88 bits per heavy atom. The summed E-state index contributed by atoms with van der Waals surface area (Å²) in [5.74, 6) is 0.464. The predicted octanol–water partition coefficient (Wildman–Crippen LogP) is 2.10. The molecule has 1 N–H and O–H groups in total. The molecule has 1 aromatic rings. The lowest BCUT2D eigenvalue weighted by Gasteiger charge is -2.13. The van der Waals surface area contributed by atoms with Crippen LogP contribution in [-0.2, 0) is 4.74 Å². The number of benzene rings is 1. The van der Waals surface area contributed by atoms with Gasteiger partial charge in [0, 0.05) is 11.1 Å². The highest BCUT2D eigenvalue weighted by Gasteiger charge is 2.08. The van der Waals surface area contributed by atoms with Crippen LogP contribution in [0, 0.1) is 11.3 Å². The fraction of sp³-hybridized carbons (Fsp3) is 0.417. The Morgan fingerprint density at radius 2 is 2.24 bits per heavy atom. The molecular weight excluding hydrogens is 286 g/mol. The van der Waals surface area contributed by atoms with Gasteiger partial charge < -0.3 is 14.6 Å². The highest BCUT2D eigenvalue weighted by atomic mass is 79.9. The number of hydrogen-bond acceptors (Lipinski definition) is 4. The Morgan fingerprint density at radius 1 is 1.47 bits per heavy atom. The van der Waals surface area contributed by atoms with E-state index in [1.54, 1.807) is 18.2 Å². The van der Waals surface area contributed by atoms with Crippen LogP contribution in [0.2, 0.25) is 0 Å². The molecule has 0 aliphatic rings. The lowest BCUT2D eigenvalue weighted by Crippen LogP contribution is -2.23. The summed E-state index contributed by atoms with van der Waals surface area (Å²) in [6.07, 6.45) is -0.690. The molecule has 1 atom stereocenters. The van der Waals surface area contributed by atoms with E-state index in [2.05, 4.69) is 15.9 Å². The number of aliphatic hydroxyl groups is 1. The van der Waals surface area contributed by atoms with Gasteiger partial charge in [0.25, 0.3) is 0 Å². The average Bonchev–Trinajstić information content (AvgIpc) is 2.34. The summed E-state index contributed by atoms with van der Waals surface area (Å²) in [7, 11) is 0. The maximum Gasteiger partial charge on any atom is 0.137 e. The third-order valence-electron chi connectivity index (χ3n) is 2.01. The molecule has 0 radical (unpaired) electrons. The van der Waals surface area contributed by atoms with E-state index in [9.17, 15) is 5.11 Å². The molecule has 1 aromatic carbocycles. The molecule has 0 spiro atoms. The zero-order valence-electron chi connectivity index (χ0n) is 9.52. The fourth-order valence-electron chi connectivity index (χ4n) is 1.20. The first-order chi connectivity index (χ1) is 8.17. The SMILES string of the molecule is CCOC[C@H](O)COc1ccc(Br)cc1C#N. The van der Waals surface area contributed by atoms with Gasteiger partial charge in [-0.05, 0) is 25.1 Å². The number of aliphatic hydroxyl groups excluding tert-OH is 1. The van der Waals surface area contributed by atoms with Gasteiger partial charge in [0.2, 0.25) is 0 Å². The van der Waals surface area contributed by atoms with Crippen LogP contribution in [0.4, 0.5) is 0 Å². The van der Waals surface area contributed by atoms with Gasteiger partial charge in [-0.2, -0.15) is 5.26 Å². The van der Waals surface area contributed by atoms with Crippen LogP contribution in [0.1, 0.15) is 12.5 Å². The van der Waals surface area contributed by atoms with Crippen LogP contribution in [0.3, 0.4) is 0 Å². The molecule has 92 valence electrons. The molecule has 0 heterocycles. The quantitative estimate of drug-likeness (QED) is 0.874. The molecule has 4 nitrogen and oxygen atoms in total. The van der Waals surface area contributed by atoms with Crippen molar-refractivity contribution >= 4 is 15.9 Å². The van der Waals surface area contributed by atoms with E-state index in [1.807, 2.05) is 13.0 Å². The molecule has 1 rings (SSSR count). The van der Waals surface area contributed by atoms with Crippen LogP contribution in [-0.4, -0.2) is 31.0 Å². The van der Waals surface area contributed by atoms with Crippen molar-refractivity contribution in [3.8, 4) is 11.8 Å². The first-order valence-corrected chi connectivity index (χ1v) is 6.05. The molecule has 0 saturated heterocycles. The van der Waals surface area contributed by atoms with E-state index in [-0.39, 0.29) is 13.2 Å². The molecule has 0 unspecified atom stereocenters. The molecule has 17 heavy (non-hydrogen) atoms. The summed E-state index contributed by atoms with van der Waals surface area (Å²) in [4.78, 5) is 0. The van der Waals surface area contributed by atoms with E-state index in [0.717, 1.165) is 4.47 Å². The number of ether oxygens (including phenoxy) is 2. The van der Waals surface area contributed by atoms with Crippen LogP contribution in [0.5, 0.6) is 5.75 Å². The second kappa shape index (κ2) is 7.28. The molecule has 0 amide bonds. The average molecular weight is 300 g/mol. The third kappa shape index (κ3) is 4.73. The van der Waals surface area contributed by atoms with Gasteiger partial charge in [0.15, 0.2) is 0 Å². The van der Waals surface area contributed by atoms with Gasteiger partial charge in [-0.3, -0.25) is 0 Å². The second-order valence-electron chi connectivity index (χ2n) is 3.38. The normalized spacial score (nSPS) is 11.9. The Balaban J connectivity index is 2.54. The summed E-state index contributed by atoms with van der Waals surface area (Å²) in [6, 6.07) is 7.18. The van der Waals surface area contributed by atoms with Gasteiger partial charge in [0.05, 0.1) is 12.2 Å². The van der Waals surface area contributed by atoms with Crippen molar-refractivity contribution in [3.63, 3.8) is 0 Å². The second-order valence-corrected chi connectivity index (χ2v) is 4.29. The van der Waals surface area contributed by atoms with Gasteiger partial charge in [-0.25, -0.2) is 0 Å². The lowest BCUT2D eigenvalue weighted by molar-refractivity contribution is 0.0164. The van der Waals surface area contributed by atoms with Crippen molar-refractivity contribution in [1.82, 2.24) is 0 Å². The molecule has 0 saturated carbocycles. The molecule has 0 aliphatic heterocycles. The minimum absolute atomic E-state index is 0.107. The van der Waals surface area contributed by atoms with E-state index in [1.165, 1.54) is 0 Å². The van der Waals surface area contributed by atoms with Crippen LogP contribution in [0.25, 0.3) is 0 Å². The number of hydrogen-bond donors (Lipinski definition) is 1. The lowest BCUT2D eigenvalue weighted by atomic mass is 10.2. The highest BCUT2D eigenvalue weighted by Crippen LogP contribution is 2.22. The van der Waals surface area contributed by atoms with Crippen LogP contribution >= 0.6 is 15.9 Å². The molecule has 5 heteroatoms. The van der Waals surface area contributed by atoms with Crippen molar-refractivity contribution < 1.29 is 14.6 Å². The van der Waals surface area contributed by atoms with Crippen molar-refractivity contribution in [2.75, 3.05) is 19.8 Å². The molecule has 0 aliphatic carbocycles. The van der Waals surface area contributed by atoms with Crippen molar-refractivity contribution in [2.24, 2.45) is 0 Å². The third-order valence-corrected chi connectivity index (χ3v) is 2.50. The van der Waals surface area contributed by atoms with E-state index in [0.29, 0.717) is 17.9 Å². The zero-order valence-corrected chi connectivity index (χ0v) is 11.1. The molecular formula is C12H14BrNO3. The standard InChI is InChI=1S/C12H14BrNO3/c1-2-16-7-11(15)8-17-12-4-3-10(13)5-9(12)6-14/h3-5,11,15H,2,7-8H2,1H3/t11-/m0/s1. The largest absolute Gasteiger partial charge is 0.489 e. The van der Waals surface area contributed by atoms with Gasteiger partial charge in [-0.15, -0.1) is 0 Å². The zero-order chi connectivity index (χ0) is 12.7. The summed E-state index contributed by atoms with van der Waals surface area (Å²) in [6.45, 7) is 2.75. The van der Waals surface area contributed by atoms with Crippen molar-refractivity contribution in [2.45, 2.75) is 13.0 Å². The van der Waals surface area contributed by atoms with Gasteiger partial charge in [0.1, 0.15) is 24.5 Å². The highest BCUT2D eigenvalue weighted by molar-refractivity contribution is 9.10. The molecule has 0 fully saturated rings. The monoisotopic (exact) mass is 299 g/mol. The first kappa shape index (κ1) is 14.0. The summed E-state index contributed by atoms with van der Waals surface area (Å²) < 4.78 is 11.2. The van der Waals surface area contributed by atoms with E-state index >= 15 is 0 Å². The number of halogens is 1. The smallest absolute Gasteiger partial charge is 0.137 e. The van der Waals surface area contributed by atoms with Crippen molar-refractivity contribution in [1.29, 1.82) is 5.26 Å². The molecule has 0 bridgehead atoms. The Kier molecular flexibility index (Phi) is 5.98. The summed E-state index contributed by atoms with van der Waals surface area (Å²) in [5, 5.41) is 18.4. The Labute approximate surface area is 109 Å². The predicted molar refractivity (Wildman–Crippen MR) is 66.9 cm³/mol. The topological polar surface area (TPSA) is 62.5 Å². The number of rotatable bonds is 6. The summed E-state index contributed by atoms with van der Waals surface area (Å²) >= 11 is 3.28. The maximum absolute atomic E-state index is 9.52. The first-order valence-electron chi connectivity index (χ1n) is 5.25. The summed E-state index contributed by atoms with van der Waals surface area (Å²) in [5.41, 5.74) is 0.433. The van der Waals surface area contributed by atoms with E-state index < -0.39 is 6.10 Å². The Bertz CT molecular complexity index is 403. The minimum atomic E-state index is -0.690. The van der Waals surface area contributed by atoms with Gasteiger partial charge in [-0.1, -0.05) is 15.9 Å². The van der Waals surface area contributed by atoms with Gasteiger partial charge >= 0.3 is 0 Å². The fourth-order valence-corrected chi connectivity index (χ4v) is 1.56. The van der Waals surface area contributed by atoms with Crippen LogP contribution in [0.15, 0.2) is 22.7 Å². The minimum Gasteiger partial charge on any atom is -0.489 e. The van der Waals surface area contributed by atoms with Crippen LogP contribution < -0.4 is 4.74 Å². The molecule has 0 aromatic heterocycles. The van der Waals surface area contributed by atoms with E-state index in [4.69, 9.17) is 14.7 Å². The number of nitriles is 1. The Hall–Kier alpha value is -1.09.